The van der Waals surface area contributed by atoms with Crippen LogP contribution in [0.2, 0.25) is 0 Å². The zero-order valence-electron chi connectivity index (χ0n) is 20.6. The van der Waals surface area contributed by atoms with Crippen LogP contribution in [0.25, 0.3) is 22.9 Å². The maximum Gasteiger partial charge on any atom is 0.180 e. The maximum absolute atomic E-state index is 4.95. The van der Waals surface area contributed by atoms with Gasteiger partial charge in [-0.2, -0.15) is 0 Å². The molecular formula is C31H28N6. The highest BCUT2D eigenvalue weighted by Crippen LogP contribution is 2.31. The second-order valence-electron chi connectivity index (χ2n) is 9.11. The van der Waals surface area contributed by atoms with Gasteiger partial charge in [-0.05, 0) is 35.4 Å². The minimum atomic E-state index is 0.225. The summed E-state index contributed by atoms with van der Waals surface area (Å²) in [5.41, 5.74) is 5.03. The fraction of sp³-hybridized carbons (Fsp3) is 0.161. The number of rotatable bonds is 6. The Morgan fingerprint density at radius 3 is 1.68 bits per heavy atom. The van der Waals surface area contributed by atoms with Crippen molar-refractivity contribution < 1.29 is 0 Å². The van der Waals surface area contributed by atoms with Crippen molar-refractivity contribution in [1.82, 2.24) is 24.8 Å². The molecule has 0 radical (unpaired) electrons. The van der Waals surface area contributed by atoms with E-state index in [0.717, 1.165) is 49.1 Å². The number of anilines is 1. The molecule has 3 aromatic heterocycles. The molecule has 0 spiro atoms. The Balaban J connectivity index is 1.29. The Kier molecular flexibility index (Phi) is 6.64. The highest BCUT2D eigenvalue weighted by molar-refractivity contribution is 5.64. The van der Waals surface area contributed by atoms with Crippen molar-refractivity contribution >= 4 is 5.82 Å². The van der Waals surface area contributed by atoms with E-state index in [2.05, 4.69) is 86.5 Å². The largest absolute Gasteiger partial charge is 0.354 e. The van der Waals surface area contributed by atoms with Gasteiger partial charge < -0.3 is 4.90 Å². The molecule has 0 N–H and O–H groups in total. The quantitative estimate of drug-likeness (QED) is 0.317. The predicted octanol–water partition coefficient (Wildman–Crippen LogP) is 5.51. The second kappa shape index (κ2) is 10.7. The topological polar surface area (TPSA) is 58.0 Å². The number of hydrogen-bond donors (Lipinski definition) is 0. The van der Waals surface area contributed by atoms with E-state index in [0.29, 0.717) is 5.82 Å². The van der Waals surface area contributed by atoms with Crippen LogP contribution in [0.4, 0.5) is 5.82 Å². The molecule has 0 amide bonds. The van der Waals surface area contributed by atoms with Crippen molar-refractivity contribution in [3.63, 3.8) is 0 Å². The molecule has 1 aliphatic heterocycles. The molecule has 0 aliphatic carbocycles. The Labute approximate surface area is 217 Å². The highest BCUT2D eigenvalue weighted by atomic mass is 15.3. The fourth-order valence-electron chi connectivity index (χ4n) is 4.95. The number of pyridine rings is 2. The molecule has 182 valence electrons. The van der Waals surface area contributed by atoms with Crippen LogP contribution in [-0.2, 0) is 0 Å². The number of aromatic nitrogens is 4. The monoisotopic (exact) mass is 484 g/mol. The number of benzene rings is 2. The Morgan fingerprint density at radius 1 is 0.541 bits per heavy atom. The molecule has 4 heterocycles. The summed E-state index contributed by atoms with van der Waals surface area (Å²) in [5, 5.41) is 0. The van der Waals surface area contributed by atoms with Gasteiger partial charge >= 0.3 is 0 Å². The molecule has 0 unspecified atom stereocenters. The normalized spacial score (nSPS) is 14.1. The lowest BCUT2D eigenvalue weighted by Crippen LogP contribution is -2.48. The van der Waals surface area contributed by atoms with E-state index in [-0.39, 0.29) is 6.04 Å². The third-order valence-electron chi connectivity index (χ3n) is 6.77. The van der Waals surface area contributed by atoms with Gasteiger partial charge in [0.05, 0.1) is 17.4 Å². The lowest BCUT2D eigenvalue weighted by atomic mass is 9.96. The molecule has 6 heteroatoms. The molecule has 37 heavy (non-hydrogen) atoms. The molecule has 0 saturated carbocycles. The third-order valence-corrected chi connectivity index (χ3v) is 6.77. The van der Waals surface area contributed by atoms with Gasteiger partial charge in [-0.25, -0.2) is 9.97 Å². The van der Waals surface area contributed by atoms with E-state index >= 15 is 0 Å². The average Bonchev–Trinajstić information content (AvgIpc) is 2.99. The van der Waals surface area contributed by atoms with Crippen LogP contribution in [-0.4, -0.2) is 51.0 Å². The Morgan fingerprint density at radius 2 is 1.11 bits per heavy atom. The van der Waals surface area contributed by atoms with Crippen molar-refractivity contribution in [1.29, 1.82) is 0 Å². The van der Waals surface area contributed by atoms with Gasteiger partial charge in [-0.3, -0.25) is 14.9 Å². The van der Waals surface area contributed by atoms with Crippen molar-refractivity contribution in [3.05, 3.63) is 127 Å². The summed E-state index contributed by atoms with van der Waals surface area (Å²) in [6.45, 7) is 3.60. The zero-order valence-corrected chi connectivity index (χ0v) is 20.6. The smallest absolute Gasteiger partial charge is 0.180 e. The molecule has 1 saturated heterocycles. The minimum Gasteiger partial charge on any atom is -0.354 e. The SMILES string of the molecule is c1ccc(C(c2ccccc2)N2CCN(c3cc(-c4ccccn4)nc(-c4ccccn4)n3)CC2)cc1. The van der Waals surface area contributed by atoms with Crippen molar-refractivity contribution in [2.45, 2.75) is 6.04 Å². The first-order chi connectivity index (χ1) is 18.3. The van der Waals surface area contributed by atoms with E-state index < -0.39 is 0 Å². The maximum atomic E-state index is 4.95. The highest BCUT2D eigenvalue weighted by Gasteiger charge is 2.27. The van der Waals surface area contributed by atoms with Crippen LogP contribution in [0.3, 0.4) is 0 Å². The summed E-state index contributed by atoms with van der Waals surface area (Å²) >= 11 is 0. The van der Waals surface area contributed by atoms with E-state index in [1.54, 1.807) is 12.4 Å². The van der Waals surface area contributed by atoms with E-state index in [1.807, 2.05) is 36.4 Å². The molecule has 6 rings (SSSR count). The van der Waals surface area contributed by atoms with Crippen LogP contribution in [0.1, 0.15) is 17.2 Å². The predicted molar refractivity (Wildman–Crippen MR) is 147 cm³/mol. The van der Waals surface area contributed by atoms with Gasteiger partial charge in [0.2, 0.25) is 0 Å². The van der Waals surface area contributed by atoms with E-state index in [1.165, 1.54) is 11.1 Å². The first kappa shape index (κ1) is 23.0. The molecule has 6 nitrogen and oxygen atoms in total. The zero-order chi connectivity index (χ0) is 24.9. The third kappa shape index (κ3) is 5.10. The van der Waals surface area contributed by atoms with Gasteiger partial charge in [-0.15, -0.1) is 0 Å². The van der Waals surface area contributed by atoms with E-state index in [4.69, 9.17) is 9.97 Å². The fourth-order valence-corrected chi connectivity index (χ4v) is 4.95. The van der Waals surface area contributed by atoms with Crippen LogP contribution in [0.5, 0.6) is 0 Å². The van der Waals surface area contributed by atoms with Crippen LogP contribution in [0.15, 0.2) is 116 Å². The second-order valence-corrected chi connectivity index (χ2v) is 9.11. The van der Waals surface area contributed by atoms with Gasteiger partial charge in [-0.1, -0.05) is 72.8 Å². The minimum absolute atomic E-state index is 0.225. The van der Waals surface area contributed by atoms with E-state index in [9.17, 15) is 0 Å². The Hall–Kier alpha value is -4.42. The summed E-state index contributed by atoms with van der Waals surface area (Å²) in [7, 11) is 0. The standard InChI is InChI=1S/C31H28N6/c1-3-11-24(12-4-1)30(25-13-5-2-6-14-25)37-21-19-36(20-22-37)29-23-28(26-15-7-9-17-32-26)34-31(35-29)27-16-8-10-18-33-27/h1-18,23,30H,19-22H2. The Bertz CT molecular complexity index is 1320. The van der Waals surface area contributed by atoms with Gasteiger partial charge in [0.25, 0.3) is 0 Å². The summed E-state index contributed by atoms with van der Waals surface area (Å²) in [5.74, 6) is 1.53. The molecule has 1 aliphatic rings. The molecule has 0 atom stereocenters. The van der Waals surface area contributed by atoms with Crippen LogP contribution >= 0.6 is 0 Å². The summed E-state index contributed by atoms with van der Waals surface area (Å²) < 4.78 is 0. The lowest BCUT2D eigenvalue weighted by Gasteiger charge is -2.40. The van der Waals surface area contributed by atoms with Gasteiger partial charge in [0, 0.05) is 44.6 Å². The van der Waals surface area contributed by atoms with Gasteiger partial charge in [0.1, 0.15) is 11.5 Å². The molecule has 5 aromatic rings. The molecule has 1 fully saturated rings. The summed E-state index contributed by atoms with van der Waals surface area (Å²) in [6, 6.07) is 35.6. The van der Waals surface area contributed by atoms with Crippen LogP contribution in [0, 0.1) is 0 Å². The number of nitrogens with zero attached hydrogens (tertiary/aromatic N) is 6. The first-order valence-corrected chi connectivity index (χ1v) is 12.7. The molecular weight excluding hydrogens is 456 g/mol. The van der Waals surface area contributed by atoms with Gasteiger partial charge in [0.15, 0.2) is 5.82 Å². The molecule has 0 bridgehead atoms. The number of piperazine rings is 1. The van der Waals surface area contributed by atoms with Crippen molar-refractivity contribution in [3.8, 4) is 22.9 Å². The first-order valence-electron chi connectivity index (χ1n) is 12.7. The van der Waals surface area contributed by atoms with Crippen molar-refractivity contribution in [2.24, 2.45) is 0 Å². The average molecular weight is 485 g/mol. The summed E-state index contributed by atoms with van der Waals surface area (Å²) in [6.07, 6.45) is 3.57. The number of hydrogen-bond acceptors (Lipinski definition) is 6. The van der Waals surface area contributed by atoms with Crippen molar-refractivity contribution in [2.75, 3.05) is 31.1 Å². The lowest BCUT2D eigenvalue weighted by molar-refractivity contribution is 0.212. The van der Waals surface area contributed by atoms with Crippen LogP contribution < -0.4 is 4.90 Å². The summed E-state index contributed by atoms with van der Waals surface area (Å²) in [4.78, 5) is 23.7. The molecule has 2 aromatic carbocycles.